The van der Waals surface area contributed by atoms with Crippen molar-refractivity contribution in [3.63, 3.8) is 0 Å². The Balaban J connectivity index is 2.20. The van der Waals surface area contributed by atoms with Crippen LogP contribution >= 0.6 is 11.6 Å². The van der Waals surface area contributed by atoms with Gasteiger partial charge in [0.05, 0.1) is 0 Å². The van der Waals surface area contributed by atoms with E-state index in [1.54, 1.807) is 30.3 Å². The van der Waals surface area contributed by atoms with E-state index in [1.165, 1.54) is 0 Å². The van der Waals surface area contributed by atoms with Crippen molar-refractivity contribution in [2.75, 3.05) is 5.32 Å². The van der Waals surface area contributed by atoms with Gasteiger partial charge in [-0.25, -0.2) is 4.98 Å². The first-order chi connectivity index (χ1) is 10.9. The lowest BCUT2D eigenvalue weighted by atomic mass is 10.2. The van der Waals surface area contributed by atoms with E-state index in [-0.39, 0.29) is 23.3 Å². The van der Waals surface area contributed by atoms with Gasteiger partial charge in [-0.1, -0.05) is 23.7 Å². The van der Waals surface area contributed by atoms with Crippen LogP contribution in [0.25, 0.3) is 0 Å². The van der Waals surface area contributed by atoms with Gasteiger partial charge in [-0.05, 0) is 50.6 Å². The largest absolute Gasteiger partial charge is 0.349 e. The number of carbonyl (C=O) groups is 2. The molecule has 0 saturated heterocycles. The molecule has 2 rings (SSSR count). The van der Waals surface area contributed by atoms with E-state index in [4.69, 9.17) is 11.6 Å². The van der Waals surface area contributed by atoms with Crippen LogP contribution in [0.3, 0.4) is 0 Å². The van der Waals surface area contributed by atoms with E-state index in [0.29, 0.717) is 10.7 Å². The molecule has 2 amide bonds. The molecule has 5 nitrogen and oxygen atoms in total. The molecule has 0 bridgehead atoms. The number of benzene rings is 1. The number of amides is 2. The summed E-state index contributed by atoms with van der Waals surface area (Å²) < 4.78 is 0. The van der Waals surface area contributed by atoms with E-state index in [0.717, 1.165) is 5.56 Å². The summed E-state index contributed by atoms with van der Waals surface area (Å²) in [6, 6.07) is 9.99. The van der Waals surface area contributed by atoms with Gasteiger partial charge in [-0.2, -0.15) is 0 Å². The molecular formula is C17H18ClN3O2. The molecule has 0 fully saturated rings. The molecule has 1 aromatic heterocycles. The van der Waals surface area contributed by atoms with Crippen molar-refractivity contribution in [3.8, 4) is 0 Å². The predicted octanol–water partition coefficient (Wildman–Crippen LogP) is 3.43. The minimum absolute atomic E-state index is 0.00380. The fourth-order valence-electron chi connectivity index (χ4n) is 1.94. The molecule has 0 aliphatic carbocycles. The fraction of sp³-hybridized carbons (Fsp3) is 0.235. The lowest BCUT2D eigenvalue weighted by molar-refractivity contribution is 0.0938. The van der Waals surface area contributed by atoms with Gasteiger partial charge in [-0.15, -0.1) is 0 Å². The number of carbonyl (C=O) groups excluding carboxylic acids is 2. The summed E-state index contributed by atoms with van der Waals surface area (Å²) in [5, 5.41) is 6.03. The number of aromatic nitrogens is 1. The second-order valence-corrected chi connectivity index (χ2v) is 5.89. The number of aryl methyl sites for hydroxylation is 1. The summed E-state index contributed by atoms with van der Waals surface area (Å²) in [7, 11) is 0. The number of nitrogens with zero attached hydrogens (tertiary/aromatic N) is 1. The van der Waals surface area contributed by atoms with Gasteiger partial charge in [0.1, 0.15) is 11.4 Å². The number of pyridine rings is 1. The number of nitrogens with one attached hydrogen (secondary N) is 2. The molecule has 0 aliphatic heterocycles. The predicted molar refractivity (Wildman–Crippen MR) is 91.0 cm³/mol. The zero-order chi connectivity index (χ0) is 17.0. The van der Waals surface area contributed by atoms with Crippen LogP contribution in [0.5, 0.6) is 0 Å². The quantitative estimate of drug-likeness (QED) is 0.901. The van der Waals surface area contributed by atoms with Crippen molar-refractivity contribution < 1.29 is 9.59 Å². The Hall–Kier alpha value is -2.40. The molecule has 0 spiro atoms. The van der Waals surface area contributed by atoms with Crippen LogP contribution in [0.15, 0.2) is 36.4 Å². The third-order valence-corrected chi connectivity index (χ3v) is 3.32. The summed E-state index contributed by atoms with van der Waals surface area (Å²) in [4.78, 5) is 28.4. The minimum atomic E-state index is -0.394. The summed E-state index contributed by atoms with van der Waals surface area (Å²) in [5.41, 5.74) is 1.87. The second-order valence-electron chi connectivity index (χ2n) is 5.45. The zero-order valence-corrected chi connectivity index (χ0v) is 13.9. The first kappa shape index (κ1) is 17.0. The molecule has 0 saturated carbocycles. The monoisotopic (exact) mass is 331 g/mol. The topological polar surface area (TPSA) is 71.1 Å². The van der Waals surface area contributed by atoms with Gasteiger partial charge in [-0.3, -0.25) is 9.59 Å². The minimum Gasteiger partial charge on any atom is -0.349 e. The second kappa shape index (κ2) is 7.24. The molecule has 0 atom stereocenters. The molecule has 1 aromatic carbocycles. The SMILES string of the molecule is Cc1ccc(Cl)cc1NC(=O)c1cccc(C(=O)NC(C)C)n1. The Morgan fingerprint density at radius 1 is 1.09 bits per heavy atom. The first-order valence-corrected chi connectivity index (χ1v) is 7.60. The number of hydrogen-bond acceptors (Lipinski definition) is 3. The molecule has 2 N–H and O–H groups in total. The van der Waals surface area contributed by atoms with Gasteiger partial charge >= 0.3 is 0 Å². The highest BCUT2D eigenvalue weighted by atomic mass is 35.5. The summed E-state index contributed by atoms with van der Waals surface area (Å²) >= 11 is 5.94. The Bertz CT molecular complexity index is 744. The van der Waals surface area contributed by atoms with Gasteiger partial charge in [0.25, 0.3) is 11.8 Å². The highest BCUT2D eigenvalue weighted by Gasteiger charge is 2.14. The first-order valence-electron chi connectivity index (χ1n) is 7.22. The number of halogens is 1. The third-order valence-electron chi connectivity index (χ3n) is 3.08. The molecule has 0 radical (unpaired) electrons. The molecule has 23 heavy (non-hydrogen) atoms. The van der Waals surface area contributed by atoms with Gasteiger partial charge in [0.2, 0.25) is 0 Å². The number of anilines is 1. The zero-order valence-electron chi connectivity index (χ0n) is 13.2. The highest BCUT2D eigenvalue weighted by molar-refractivity contribution is 6.31. The summed E-state index contributed by atoms with van der Waals surface area (Å²) in [6.07, 6.45) is 0. The summed E-state index contributed by atoms with van der Waals surface area (Å²) in [6.45, 7) is 5.58. The molecular weight excluding hydrogens is 314 g/mol. The van der Waals surface area contributed by atoms with Crippen molar-refractivity contribution in [2.24, 2.45) is 0 Å². The van der Waals surface area contributed by atoms with E-state index in [9.17, 15) is 9.59 Å². The van der Waals surface area contributed by atoms with Crippen molar-refractivity contribution in [3.05, 3.63) is 58.4 Å². The van der Waals surface area contributed by atoms with Crippen molar-refractivity contribution in [1.82, 2.24) is 10.3 Å². The average molecular weight is 332 g/mol. The maximum Gasteiger partial charge on any atom is 0.274 e. The van der Waals surface area contributed by atoms with Crippen molar-refractivity contribution in [1.29, 1.82) is 0 Å². The molecule has 0 unspecified atom stereocenters. The van der Waals surface area contributed by atoms with Crippen LogP contribution in [0, 0.1) is 6.92 Å². The Kier molecular flexibility index (Phi) is 5.34. The van der Waals surface area contributed by atoms with Gasteiger partial charge < -0.3 is 10.6 Å². The van der Waals surface area contributed by atoms with Crippen LogP contribution in [0.1, 0.15) is 40.4 Å². The Labute approximate surface area is 140 Å². The third kappa shape index (κ3) is 4.53. The van der Waals surface area contributed by atoms with E-state index >= 15 is 0 Å². The Morgan fingerprint density at radius 2 is 1.74 bits per heavy atom. The van der Waals surface area contributed by atoms with Crippen LogP contribution in [-0.4, -0.2) is 22.8 Å². The molecule has 6 heteroatoms. The number of hydrogen-bond donors (Lipinski definition) is 2. The maximum atomic E-state index is 12.3. The smallest absolute Gasteiger partial charge is 0.274 e. The fourth-order valence-corrected chi connectivity index (χ4v) is 2.11. The highest BCUT2D eigenvalue weighted by Crippen LogP contribution is 2.20. The van der Waals surface area contributed by atoms with E-state index in [2.05, 4.69) is 15.6 Å². The van der Waals surface area contributed by atoms with Crippen LogP contribution < -0.4 is 10.6 Å². The lowest BCUT2D eigenvalue weighted by Crippen LogP contribution is -2.31. The van der Waals surface area contributed by atoms with Crippen LogP contribution in [0.2, 0.25) is 5.02 Å². The van der Waals surface area contributed by atoms with E-state index < -0.39 is 5.91 Å². The van der Waals surface area contributed by atoms with E-state index in [1.807, 2.05) is 26.8 Å². The van der Waals surface area contributed by atoms with Crippen LogP contribution in [0.4, 0.5) is 5.69 Å². The summed E-state index contributed by atoms with van der Waals surface area (Å²) in [5.74, 6) is -0.705. The standard InChI is InChI=1S/C17H18ClN3O2/c1-10(2)19-16(22)13-5-4-6-14(20-13)17(23)21-15-9-12(18)8-7-11(15)3/h4-10H,1-3H3,(H,19,22)(H,21,23). The lowest BCUT2D eigenvalue weighted by Gasteiger charge is -2.10. The van der Waals surface area contributed by atoms with Crippen LogP contribution in [-0.2, 0) is 0 Å². The maximum absolute atomic E-state index is 12.3. The molecule has 2 aromatic rings. The molecule has 1 heterocycles. The Morgan fingerprint density at radius 3 is 2.39 bits per heavy atom. The normalized spacial score (nSPS) is 10.5. The average Bonchev–Trinajstić information content (AvgIpc) is 2.50. The van der Waals surface area contributed by atoms with Crippen molar-refractivity contribution in [2.45, 2.75) is 26.8 Å². The van der Waals surface area contributed by atoms with Gasteiger partial charge in [0, 0.05) is 16.8 Å². The van der Waals surface area contributed by atoms with Gasteiger partial charge in [0.15, 0.2) is 0 Å². The molecule has 0 aliphatic rings. The van der Waals surface area contributed by atoms with Crippen molar-refractivity contribution >= 4 is 29.1 Å². The number of rotatable bonds is 4. The molecule has 120 valence electrons.